The van der Waals surface area contributed by atoms with Gasteiger partial charge in [0.1, 0.15) is 11.6 Å². The number of nitrogens with one attached hydrogen (secondary N) is 1. The zero-order valence-electron chi connectivity index (χ0n) is 18.8. The predicted octanol–water partition coefficient (Wildman–Crippen LogP) is 4.45. The van der Waals surface area contributed by atoms with Crippen LogP contribution in [-0.2, 0) is 4.79 Å². The highest BCUT2D eigenvalue weighted by Gasteiger charge is 2.27. The summed E-state index contributed by atoms with van der Waals surface area (Å²) in [5, 5.41) is 8.15. The van der Waals surface area contributed by atoms with E-state index in [0.29, 0.717) is 29.7 Å². The molecular weight excluding hydrogens is 440 g/mol. The van der Waals surface area contributed by atoms with Crippen LogP contribution < -0.4 is 20.5 Å². The standard InChI is InChI=1S/C25H27ClN4O3/c1-3-33-21-10-7-19(8-11-21)27-25(32)18-5-4-14-29(16-18)23-12-13-24(31)30(28-23)20-9-6-17(2)22(26)15-20/h6-13,15,18H,3-5,14,16H2,1-2H3,(H,27,32)/t18-/m1/s1. The Labute approximate surface area is 197 Å². The average Bonchev–Trinajstić information content (AvgIpc) is 2.83. The van der Waals surface area contributed by atoms with Gasteiger partial charge < -0.3 is 15.0 Å². The molecule has 1 atom stereocenters. The van der Waals surface area contributed by atoms with Crippen LogP contribution in [0.4, 0.5) is 11.5 Å². The van der Waals surface area contributed by atoms with Crippen LogP contribution in [0.15, 0.2) is 59.4 Å². The molecule has 3 aromatic rings. The first-order valence-electron chi connectivity index (χ1n) is 11.1. The van der Waals surface area contributed by atoms with Crippen molar-refractivity contribution in [2.24, 2.45) is 5.92 Å². The van der Waals surface area contributed by atoms with Gasteiger partial charge in [0.25, 0.3) is 5.56 Å². The molecule has 1 amide bonds. The molecule has 172 valence electrons. The molecule has 1 fully saturated rings. The Morgan fingerprint density at radius 1 is 1.18 bits per heavy atom. The molecule has 4 rings (SSSR count). The lowest BCUT2D eigenvalue weighted by atomic mass is 9.97. The van der Waals surface area contributed by atoms with Gasteiger partial charge in [-0.25, -0.2) is 0 Å². The number of hydrogen-bond acceptors (Lipinski definition) is 5. The summed E-state index contributed by atoms with van der Waals surface area (Å²) in [5.41, 5.74) is 2.05. The van der Waals surface area contributed by atoms with Crippen molar-refractivity contribution >= 4 is 29.0 Å². The van der Waals surface area contributed by atoms with E-state index < -0.39 is 0 Å². The molecule has 2 aromatic carbocycles. The second-order valence-corrected chi connectivity index (χ2v) is 8.51. The maximum absolute atomic E-state index is 12.9. The number of anilines is 2. The van der Waals surface area contributed by atoms with Crippen molar-refractivity contribution in [1.82, 2.24) is 9.78 Å². The maximum atomic E-state index is 12.9. The van der Waals surface area contributed by atoms with E-state index in [0.717, 1.165) is 36.4 Å². The van der Waals surface area contributed by atoms with E-state index in [1.807, 2.05) is 50.2 Å². The molecule has 1 N–H and O–H groups in total. The molecular formula is C25H27ClN4O3. The topological polar surface area (TPSA) is 76.5 Å². The highest BCUT2D eigenvalue weighted by atomic mass is 35.5. The van der Waals surface area contributed by atoms with Crippen molar-refractivity contribution in [3.05, 3.63) is 75.5 Å². The average molecular weight is 467 g/mol. The van der Waals surface area contributed by atoms with E-state index in [4.69, 9.17) is 16.3 Å². The fraction of sp³-hybridized carbons (Fsp3) is 0.320. The van der Waals surface area contributed by atoms with Crippen LogP contribution in [0.3, 0.4) is 0 Å². The molecule has 1 saturated heterocycles. The Morgan fingerprint density at radius 2 is 1.97 bits per heavy atom. The quantitative estimate of drug-likeness (QED) is 0.580. The van der Waals surface area contributed by atoms with Crippen LogP contribution >= 0.6 is 11.6 Å². The van der Waals surface area contributed by atoms with Gasteiger partial charge in [0.2, 0.25) is 5.91 Å². The lowest BCUT2D eigenvalue weighted by Crippen LogP contribution is -2.41. The summed E-state index contributed by atoms with van der Waals surface area (Å²) in [5.74, 6) is 1.23. The third kappa shape index (κ3) is 5.37. The van der Waals surface area contributed by atoms with Crippen LogP contribution in [0.5, 0.6) is 5.75 Å². The molecule has 1 aliphatic heterocycles. The van der Waals surface area contributed by atoms with Gasteiger partial charge in [-0.05, 0) is 74.7 Å². The molecule has 0 bridgehead atoms. The second kappa shape index (κ2) is 10.1. The Morgan fingerprint density at radius 3 is 2.70 bits per heavy atom. The van der Waals surface area contributed by atoms with Crippen molar-refractivity contribution in [3.8, 4) is 11.4 Å². The van der Waals surface area contributed by atoms with E-state index in [-0.39, 0.29) is 17.4 Å². The first-order valence-corrected chi connectivity index (χ1v) is 11.5. The number of rotatable bonds is 6. The van der Waals surface area contributed by atoms with Crippen LogP contribution in [-0.4, -0.2) is 35.4 Å². The minimum absolute atomic E-state index is 0.0255. The maximum Gasteiger partial charge on any atom is 0.271 e. The number of carbonyl (C=O) groups excluding carboxylic acids is 1. The Hall–Kier alpha value is -3.32. The third-order valence-corrected chi connectivity index (χ3v) is 6.14. The molecule has 7 nitrogen and oxygen atoms in total. The number of nitrogens with zero attached hydrogens (tertiary/aromatic N) is 3. The summed E-state index contributed by atoms with van der Waals surface area (Å²) < 4.78 is 6.80. The lowest BCUT2D eigenvalue weighted by Gasteiger charge is -2.33. The van der Waals surface area contributed by atoms with E-state index in [2.05, 4.69) is 15.3 Å². The number of amides is 1. The normalized spacial score (nSPS) is 15.8. The van der Waals surface area contributed by atoms with Crippen LogP contribution in [0.25, 0.3) is 5.69 Å². The van der Waals surface area contributed by atoms with Gasteiger partial charge in [0.05, 0.1) is 18.2 Å². The van der Waals surface area contributed by atoms with E-state index in [9.17, 15) is 9.59 Å². The van der Waals surface area contributed by atoms with Crippen molar-refractivity contribution < 1.29 is 9.53 Å². The molecule has 0 radical (unpaired) electrons. The van der Waals surface area contributed by atoms with Crippen LogP contribution in [0, 0.1) is 12.8 Å². The number of benzene rings is 2. The van der Waals surface area contributed by atoms with Crippen molar-refractivity contribution in [3.63, 3.8) is 0 Å². The third-order valence-electron chi connectivity index (χ3n) is 5.74. The molecule has 8 heteroatoms. The van der Waals surface area contributed by atoms with Gasteiger partial charge in [-0.2, -0.15) is 4.68 Å². The summed E-state index contributed by atoms with van der Waals surface area (Å²) >= 11 is 6.24. The predicted molar refractivity (Wildman–Crippen MR) is 131 cm³/mol. The summed E-state index contributed by atoms with van der Waals surface area (Å²) in [6, 6.07) is 16.0. The fourth-order valence-corrected chi connectivity index (χ4v) is 4.09. The minimum atomic E-state index is -0.236. The number of ether oxygens (including phenoxy) is 1. The van der Waals surface area contributed by atoms with Gasteiger partial charge in [-0.3, -0.25) is 9.59 Å². The molecule has 0 saturated carbocycles. The summed E-state index contributed by atoms with van der Waals surface area (Å²) in [4.78, 5) is 27.4. The van der Waals surface area contributed by atoms with Gasteiger partial charge in [0, 0.05) is 29.9 Å². The highest BCUT2D eigenvalue weighted by Crippen LogP contribution is 2.24. The monoisotopic (exact) mass is 466 g/mol. The van der Waals surface area contributed by atoms with Crippen molar-refractivity contribution in [1.29, 1.82) is 0 Å². The lowest BCUT2D eigenvalue weighted by molar-refractivity contribution is -0.120. The fourth-order valence-electron chi connectivity index (χ4n) is 3.91. The molecule has 1 aliphatic rings. The number of halogens is 1. The van der Waals surface area contributed by atoms with E-state index in [1.165, 1.54) is 10.7 Å². The zero-order chi connectivity index (χ0) is 23.4. The van der Waals surface area contributed by atoms with Crippen LogP contribution in [0.2, 0.25) is 5.02 Å². The molecule has 2 heterocycles. The van der Waals surface area contributed by atoms with E-state index in [1.54, 1.807) is 12.1 Å². The van der Waals surface area contributed by atoms with Gasteiger partial charge in [-0.15, -0.1) is 5.10 Å². The number of hydrogen-bond donors (Lipinski definition) is 1. The zero-order valence-corrected chi connectivity index (χ0v) is 19.5. The smallest absolute Gasteiger partial charge is 0.271 e. The first-order chi connectivity index (χ1) is 15.9. The van der Waals surface area contributed by atoms with Crippen molar-refractivity contribution in [2.75, 3.05) is 29.9 Å². The highest BCUT2D eigenvalue weighted by molar-refractivity contribution is 6.31. The van der Waals surface area contributed by atoms with E-state index >= 15 is 0 Å². The number of piperidine rings is 1. The summed E-state index contributed by atoms with van der Waals surface area (Å²) in [6.45, 7) is 5.74. The number of aryl methyl sites for hydroxylation is 1. The summed E-state index contributed by atoms with van der Waals surface area (Å²) in [7, 11) is 0. The molecule has 1 aromatic heterocycles. The minimum Gasteiger partial charge on any atom is -0.494 e. The second-order valence-electron chi connectivity index (χ2n) is 8.11. The van der Waals surface area contributed by atoms with Gasteiger partial charge >= 0.3 is 0 Å². The SMILES string of the molecule is CCOc1ccc(NC(=O)[C@@H]2CCCN(c3ccc(=O)n(-c4ccc(C)c(Cl)c4)n3)C2)cc1. The van der Waals surface area contributed by atoms with Gasteiger partial charge in [-0.1, -0.05) is 17.7 Å². The van der Waals surface area contributed by atoms with Gasteiger partial charge in [0.15, 0.2) is 0 Å². The number of carbonyl (C=O) groups is 1. The summed E-state index contributed by atoms with van der Waals surface area (Å²) in [6.07, 6.45) is 1.66. The Kier molecular flexibility index (Phi) is 6.99. The largest absolute Gasteiger partial charge is 0.494 e. The first kappa shape index (κ1) is 22.9. The molecule has 0 unspecified atom stereocenters. The molecule has 0 aliphatic carbocycles. The Bertz CT molecular complexity index is 1190. The van der Waals surface area contributed by atoms with Crippen molar-refractivity contribution in [2.45, 2.75) is 26.7 Å². The number of aromatic nitrogens is 2. The van der Waals surface area contributed by atoms with Crippen LogP contribution in [0.1, 0.15) is 25.3 Å². The molecule has 33 heavy (non-hydrogen) atoms. The Balaban J connectivity index is 1.48. The molecule has 0 spiro atoms.